The Labute approximate surface area is 143 Å². The second kappa shape index (κ2) is 6.60. The van der Waals surface area contributed by atoms with E-state index in [1.807, 2.05) is 4.90 Å². The van der Waals surface area contributed by atoms with Crippen LogP contribution in [0.4, 0.5) is 5.82 Å². The van der Waals surface area contributed by atoms with E-state index in [4.69, 9.17) is 33.7 Å². The standard InChI is InChI=1S/C15H14Cl2N4O2/c16-11-2-1-9(7-12(11)17)23-10-5-6-21(8-10)14-4-3-13(15(18)22)19-20-14/h1-4,7,10H,5-6,8H2,(H2,18,22)/t10-/m1/s1. The van der Waals surface area contributed by atoms with E-state index >= 15 is 0 Å². The first kappa shape index (κ1) is 15.8. The van der Waals surface area contributed by atoms with Gasteiger partial charge >= 0.3 is 0 Å². The first-order valence-electron chi connectivity index (χ1n) is 7.03. The van der Waals surface area contributed by atoms with E-state index in [2.05, 4.69) is 10.2 Å². The lowest BCUT2D eigenvalue weighted by Crippen LogP contribution is -2.26. The van der Waals surface area contributed by atoms with Crippen molar-refractivity contribution in [3.63, 3.8) is 0 Å². The van der Waals surface area contributed by atoms with Gasteiger partial charge in [-0.05, 0) is 24.3 Å². The molecule has 1 aliphatic rings. The molecular formula is C15H14Cl2N4O2. The van der Waals surface area contributed by atoms with Crippen molar-refractivity contribution in [1.82, 2.24) is 10.2 Å². The lowest BCUT2D eigenvalue weighted by Gasteiger charge is -2.17. The third-order valence-corrected chi connectivity index (χ3v) is 4.30. The minimum atomic E-state index is -0.591. The summed E-state index contributed by atoms with van der Waals surface area (Å²) in [5.41, 5.74) is 5.30. The van der Waals surface area contributed by atoms with E-state index in [9.17, 15) is 4.79 Å². The van der Waals surface area contributed by atoms with Gasteiger partial charge in [0.15, 0.2) is 11.5 Å². The predicted molar refractivity (Wildman–Crippen MR) is 88.3 cm³/mol. The molecular weight excluding hydrogens is 339 g/mol. The molecule has 1 aliphatic heterocycles. The highest BCUT2D eigenvalue weighted by Crippen LogP contribution is 2.28. The number of hydrogen-bond donors (Lipinski definition) is 1. The molecule has 0 saturated carbocycles. The molecule has 1 amide bonds. The molecule has 0 unspecified atom stereocenters. The molecule has 0 bridgehead atoms. The van der Waals surface area contributed by atoms with Gasteiger partial charge in [0.25, 0.3) is 5.91 Å². The number of anilines is 1. The minimum Gasteiger partial charge on any atom is -0.488 e. The van der Waals surface area contributed by atoms with Gasteiger partial charge in [0.2, 0.25) is 0 Å². The van der Waals surface area contributed by atoms with Gasteiger partial charge in [-0.25, -0.2) is 0 Å². The number of carbonyl (C=O) groups excluding carboxylic acids is 1. The van der Waals surface area contributed by atoms with Crippen molar-refractivity contribution < 1.29 is 9.53 Å². The fraction of sp³-hybridized carbons (Fsp3) is 0.267. The molecule has 1 fully saturated rings. The first-order valence-corrected chi connectivity index (χ1v) is 7.79. The average molecular weight is 353 g/mol. The van der Waals surface area contributed by atoms with Crippen molar-refractivity contribution in [3.8, 4) is 5.75 Å². The van der Waals surface area contributed by atoms with Crippen molar-refractivity contribution in [3.05, 3.63) is 46.1 Å². The van der Waals surface area contributed by atoms with Crippen LogP contribution in [0.15, 0.2) is 30.3 Å². The van der Waals surface area contributed by atoms with Gasteiger partial charge in [-0.1, -0.05) is 23.2 Å². The van der Waals surface area contributed by atoms with Gasteiger partial charge in [0.1, 0.15) is 11.9 Å². The van der Waals surface area contributed by atoms with Crippen molar-refractivity contribution >= 4 is 34.9 Å². The summed E-state index contributed by atoms with van der Waals surface area (Å²) >= 11 is 11.9. The number of halogens is 2. The van der Waals surface area contributed by atoms with Crippen LogP contribution in [0, 0.1) is 0 Å². The number of rotatable bonds is 4. The number of nitrogens with two attached hydrogens (primary N) is 1. The lowest BCUT2D eigenvalue weighted by molar-refractivity contribution is 0.0994. The van der Waals surface area contributed by atoms with Crippen molar-refractivity contribution in [2.45, 2.75) is 12.5 Å². The highest BCUT2D eigenvalue weighted by atomic mass is 35.5. The smallest absolute Gasteiger partial charge is 0.269 e. The first-order chi connectivity index (χ1) is 11.0. The van der Waals surface area contributed by atoms with E-state index in [-0.39, 0.29) is 11.8 Å². The zero-order valence-electron chi connectivity index (χ0n) is 12.1. The molecule has 8 heteroatoms. The molecule has 3 rings (SSSR count). The fourth-order valence-corrected chi connectivity index (χ4v) is 2.69. The molecule has 23 heavy (non-hydrogen) atoms. The van der Waals surface area contributed by atoms with Crippen LogP contribution in [-0.2, 0) is 0 Å². The highest BCUT2D eigenvalue weighted by Gasteiger charge is 2.25. The number of benzene rings is 1. The average Bonchev–Trinajstić information content (AvgIpc) is 2.99. The van der Waals surface area contributed by atoms with Crippen LogP contribution < -0.4 is 15.4 Å². The summed E-state index contributed by atoms with van der Waals surface area (Å²) in [6.45, 7) is 1.46. The number of carbonyl (C=O) groups is 1. The summed E-state index contributed by atoms with van der Waals surface area (Å²) in [7, 11) is 0. The van der Waals surface area contributed by atoms with E-state index in [1.54, 1.807) is 30.3 Å². The third kappa shape index (κ3) is 3.65. The fourth-order valence-electron chi connectivity index (χ4n) is 2.40. The Morgan fingerprint density at radius 2 is 2.04 bits per heavy atom. The molecule has 2 aromatic rings. The van der Waals surface area contributed by atoms with Crippen molar-refractivity contribution in [2.24, 2.45) is 5.73 Å². The van der Waals surface area contributed by atoms with Crippen LogP contribution in [0.3, 0.4) is 0 Å². The summed E-state index contributed by atoms with van der Waals surface area (Å²) < 4.78 is 5.92. The van der Waals surface area contributed by atoms with Gasteiger partial charge in [-0.2, -0.15) is 0 Å². The van der Waals surface area contributed by atoms with Gasteiger partial charge in [-0.3, -0.25) is 4.79 Å². The third-order valence-electron chi connectivity index (χ3n) is 3.57. The second-order valence-electron chi connectivity index (χ2n) is 5.19. The number of primary amides is 1. The normalized spacial score (nSPS) is 17.3. The number of nitrogens with zero attached hydrogens (tertiary/aromatic N) is 3. The molecule has 1 atom stereocenters. The molecule has 0 spiro atoms. The Bertz CT molecular complexity index is 724. The molecule has 0 radical (unpaired) electrons. The zero-order chi connectivity index (χ0) is 16.4. The summed E-state index contributed by atoms with van der Waals surface area (Å²) in [6, 6.07) is 8.50. The quantitative estimate of drug-likeness (QED) is 0.914. The van der Waals surface area contributed by atoms with E-state index in [0.29, 0.717) is 28.2 Å². The van der Waals surface area contributed by atoms with Crippen LogP contribution >= 0.6 is 23.2 Å². The number of amides is 1. The largest absolute Gasteiger partial charge is 0.488 e. The summed E-state index contributed by atoms with van der Waals surface area (Å²) in [5, 5.41) is 8.81. The maximum Gasteiger partial charge on any atom is 0.269 e. The molecule has 6 nitrogen and oxygen atoms in total. The van der Waals surface area contributed by atoms with Crippen molar-refractivity contribution in [2.75, 3.05) is 18.0 Å². The number of hydrogen-bond acceptors (Lipinski definition) is 5. The highest BCUT2D eigenvalue weighted by molar-refractivity contribution is 6.42. The molecule has 0 aliphatic carbocycles. The Morgan fingerprint density at radius 3 is 2.70 bits per heavy atom. The van der Waals surface area contributed by atoms with Gasteiger partial charge in [0.05, 0.1) is 16.6 Å². The molecule has 1 saturated heterocycles. The second-order valence-corrected chi connectivity index (χ2v) is 6.01. The van der Waals surface area contributed by atoms with Crippen LogP contribution in [0.25, 0.3) is 0 Å². The topological polar surface area (TPSA) is 81.3 Å². The van der Waals surface area contributed by atoms with E-state index < -0.39 is 5.91 Å². The van der Waals surface area contributed by atoms with Gasteiger partial charge in [0, 0.05) is 19.0 Å². The Balaban J connectivity index is 1.63. The zero-order valence-corrected chi connectivity index (χ0v) is 13.6. The van der Waals surface area contributed by atoms with Crippen LogP contribution in [0.2, 0.25) is 10.0 Å². The molecule has 120 valence electrons. The predicted octanol–water partition coefficient (Wildman–Crippen LogP) is 2.54. The minimum absolute atomic E-state index is 0.0184. The van der Waals surface area contributed by atoms with Gasteiger partial charge in [-0.15, -0.1) is 10.2 Å². The summed E-state index contributed by atoms with van der Waals surface area (Å²) in [5.74, 6) is 0.781. The Kier molecular flexibility index (Phi) is 4.54. The van der Waals surface area contributed by atoms with Gasteiger partial charge < -0.3 is 15.4 Å². The van der Waals surface area contributed by atoms with Crippen molar-refractivity contribution in [1.29, 1.82) is 0 Å². The lowest BCUT2D eigenvalue weighted by atomic mass is 10.3. The molecule has 1 aromatic carbocycles. The Morgan fingerprint density at radius 1 is 1.22 bits per heavy atom. The van der Waals surface area contributed by atoms with Crippen LogP contribution in [0.1, 0.15) is 16.9 Å². The summed E-state index contributed by atoms with van der Waals surface area (Å²) in [6.07, 6.45) is 0.865. The molecule has 2 N–H and O–H groups in total. The molecule has 2 heterocycles. The number of ether oxygens (including phenoxy) is 1. The van der Waals surface area contributed by atoms with Crippen LogP contribution in [-0.4, -0.2) is 35.3 Å². The Hall–Kier alpha value is -2.05. The maximum atomic E-state index is 11.0. The number of aromatic nitrogens is 2. The SMILES string of the molecule is NC(=O)c1ccc(N2CC[C@@H](Oc3ccc(Cl)c(Cl)c3)C2)nn1. The summed E-state index contributed by atoms with van der Waals surface area (Å²) in [4.78, 5) is 13.0. The van der Waals surface area contributed by atoms with E-state index in [1.165, 1.54) is 0 Å². The van der Waals surface area contributed by atoms with Crippen LogP contribution in [0.5, 0.6) is 5.75 Å². The molecule has 1 aromatic heterocycles. The maximum absolute atomic E-state index is 11.0. The monoisotopic (exact) mass is 352 g/mol. The van der Waals surface area contributed by atoms with E-state index in [0.717, 1.165) is 13.0 Å².